The van der Waals surface area contributed by atoms with Crippen molar-refractivity contribution in [3.05, 3.63) is 54.5 Å². The average molecular weight is 360 g/mol. The van der Waals surface area contributed by atoms with Crippen molar-refractivity contribution in [2.24, 2.45) is 7.05 Å². The lowest BCUT2D eigenvalue weighted by atomic mass is 10.2. The molecule has 1 N–H and O–H groups in total. The number of nitrogens with one attached hydrogen (secondary N) is 1. The first kappa shape index (κ1) is 17.4. The molecule has 0 aliphatic heterocycles. The third-order valence-corrected chi connectivity index (χ3v) is 5.06. The van der Waals surface area contributed by atoms with Gasteiger partial charge in [0.25, 0.3) is 10.0 Å². The minimum atomic E-state index is -3.67. The largest absolute Gasteiger partial charge is 0.472 e. The molecule has 0 aromatic carbocycles. The van der Waals surface area contributed by atoms with Crippen molar-refractivity contribution < 1.29 is 12.8 Å². The molecule has 0 saturated carbocycles. The Morgan fingerprint density at radius 2 is 2.08 bits per heavy atom. The van der Waals surface area contributed by atoms with Gasteiger partial charge >= 0.3 is 0 Å². The number of aryl methyl sites for hydroxylation is 1. The zero-order valence-electron chi connectivity index (χ0n) is 14.3. The fourth-order valence-electron chi connectivity index (χ4n) is 2.48. The highest BCUT2D eigenvalue weighted by atomic mass is 32.2. The number of furan rings is 1. The van der Waals surface area contributed by atoms with E-state index in [-0.39, 0.29) is 17.5 Å². The molecule has 0 unspecified atom stereocenters. The second-order valence-corrected chi connectivity index (χ2v) is 7.81. The summed E-state index contributed by atoms with van der Waals surface area (Å²) in [6.45, 7) is 4.09. The number of nitrogens with zero attached hydrogens (tertiary/aromatic N) is 3. The average Bonchev–Trinajstić information content (AvgIpc) is 3.23. The van der Waals surface area contributed by atoms with Crippen LogP contribution in [-0.2, 0) is 23.6 Å². The maximum absolute atomic E-state index is 12.4. The van der Waals surface area contributed by atoms with Gasteiger partial charge in [0, 0.05) is 37.5 Å². The van der Waals surface area contributed by atoms with Crippen LogP contribution < -0.4 is 4.72 Å². The van der Waals surface area contributed by atoms with Crippen LogP contribution in [0, 0.1) is 0 Å². The molecule has 132 valence electrons. The standard InChI is InChI=1S/C17H20N4O3S/c1-12(2)17-20-16(10-21(17)3)25(22,23)19-9-13-4-5-15(18-8-13)14-6-7-24-11-14/h4-8,10-12,19H,9H2,1-3H3. The summed E-state index contributed by atoms with van der Waals surface area (Å²) in [7, 11) is -1.88. The van der Waals surface area contributed by atoms with Crippen molar-refractivity contribution in [1.82, 2.24) is 19.3 Å². The second kappa shape index (κ2) is 6.81. The molecule has 3 aromatic heterocycles. The Morgan fingerprint density at radius 3 is 2.64 bits per heavy atom. The van der Waals surface area contributed by atoms with Crippen LogP contribution in [0.25, 0.3) is 11.3 Å². The van der Waals surface area contributed by atoms with Gasteiger partial charge in [0.2, 0.25) is 0 Å². The van der Waals surface area contributed by atoms with Gasteiger partial charge < -0.3 is 8.98 Å². The first-order chi connectivity index (χ1) is 11.9. The van der Waals surface area contributed by atoms with Gasteiger partial charge in [-0.3, -0.25) is 4.98 Å². The van der Waals surface area contributed by atoms with Crippen LogP contribution in [0.15, 0.2) is 52.6 Å². The van der Waals surface area contributed by atoms with Gasteiger partial charge in [0.1, 0.15) is 5.82 Å². The normalized spacial score (nSPS) is 12.0. The van der Waals surface area contributed by atoms with Crippen molar-refractivity contribution in [2.75, 3.05) is 0 Å². The summed E-state index contributed by atoms with van der Waals surface area (Å²) in [5.74, 6) is 0.875. The predicted octanol–water partition coefficient (Wildman–Crippen LogP) is 2.68. The van der Waals surface area contributed by atoms with Crippen molar-refractivity contribution in [3.63, 3.8) is 0 Å². The Bertz CT molecular complexity index is 942. The Balaban J connectivity index is 1.71. The van der Waals surface area contributed by atoms with Gasteiger partial charge in [-0.15, -0.1) is 0 Å². The van der Waals surface area contributed by atoms with E-state index in [1.165, 1.54) is 6.20 Å². The molecule has 3 aromatic rings. The van der Waals surface area contributed by atoms with Gasteiger partial charge in [-0.05, 0) is 17.7 Å². The third-order valence-electron chi connectivity index (χ3n) is 3.79. The van der Waals surface area contributed by atoms with Gasteiger partial charge in [0.05, 0.1) is 18.2 Å². The number of hydrogen-bond acceptors (Lipinski definition) is 5. The van der Waals surface area contributed by atoms with E-state index in [2.05, 4.69) is 14.7 Å². The molecule has 0 atom stereocenters. The molecule has 8 heteroatoms. The number of rotatable bonds is 6. The van der Waals surface area contributed by atoms with Gasteiger partial charge in [-0.25, -0.2) is 18.1 Å². The van der Waals surface area contributed by atoms with Crippen LogP contribution in [0.4, 0.5) is 0 Å². The van der Waals surface area contributed by atoms with E-state index in [0.29, 0.717) is 0 Å². The maximum atomic E-state index is 12.4. The molecule has 0 aliphatic carbocycles. The molecule has 25 heavy (non-hydrogen) atoms. The highest BCUT2D eigenvalue weighted by Crippen LogP contribution is 2.18. The van der Waals surface area contributed by atoms with Crippen LogP contribution in [0.5, 0.6) is 0 Å². The second-order valence-electron chi connectivity index (χ2n) is 6.09. The number of sulfonamides is 1. The summed E-state index contributed by atoms with van der Waals surface area (Å²) in [4.78, 5) is 8.55. The van der Waals surface area contributed by atoms with Gasteiger partial charge in [0.15, 0.2) is 5.03 Å². The van der Waals surface area contributed by atoms with E-state index in [0.717, 1.165) is 22.6 Å². The summed E-state index contributed by atoms with van der Waals surface area (Å²) in [6.07, 6.45) is 6.36. The fourth-order valence-corrected chi connectivity index (χ4v) is 3.50. The van der Waals surface area contributed by atoms with Gasteiger partial charge in [-0.1, -0.05) is 19.9 Å². The van der Waals surface area contributed by atoms with E-state index in [9.17, 15) is 8.42 Å². The zero-order chi connectivity index (χ0) is 18.0. The lowest BCUT2D eigenvalue weighted by Crippen LogP contribution is -2.23. The molecular formula is C17H20N4O3S. The Hall–Kier alpha value is -2.45. The summed E-state index contributed by atoms with van der Waals surface area (Å²) < 4.78 is 34.2. The van der Waals surface area contributed by atoms with Crippen LogP contribution >= 0.6 is 0 Å². The molecule has 0 spiro atoms. The summed E-state index contributed by atoms with van der Waals surface area (Å²) >= 11 is 0. The van der Waals surface area contributed by atoms with E-state index in [4.69, 9.17) is 4.42 Å². The molecule has 3 heterocycles. The molecule has 0 fully saturated rings. The lowest BCUT2D eigenvalue weighted by Gasteiger charge is -2.05. The van der Waals surface area contributed by atoms with Crippen LogP contribution in [0.1, 0.15) is 31.2 Å². The van der Waals surface area contributed by atoms with Crippen LogP contribution in [0.2, 0.25) is 0 Å². The van der Waals surface area contributed by atoms with Crippen molar-refractivity contribution in [1.29, 1.82) is 0 Å². The lowest BCUT2D eigenvalue weighted by molar-refractivity contribution is 0.568. The molecule has 0 radical (unpaired) electrons. The van der Waals surface area contributed by atoms with E-state index < -0.39 is 10.0 Å². The number of hydrogen-bond donors (Lipinski definition) is 1. The molecule has 7 nitrogen and oxygen atoms in total. The first-order valence-corrected chi connectivity index (χ1v) is 9.35. The summed E-state index contributed by atoms with van der Waals surface area (Å²) in [5, 5.41) is 0.0293. The minimum Gasteiger partial charge on any atom is -0.472 e. The maximum Gasteiger partial charge on any atom is 0.259 e. The predicted molar refractivity (Wildman–Crippen MR) is 93.3 cm³/mol. The van der Waals surface area contributed by atoms with Crippen molar-refractivity contribution in [2.45, 2.75) is 31.3 Å². The highest BCUT2D eigenvalue weighted by Gasteiger charge is 2.20. The van der Waals surface area contributed by atoms with Crippen LogP contribution in [-0.4, -0.2) is 23.0 Å². The van der Waals surface area contributed by atoms with Crippen molar-refractivity contribution in [3.8, 4) is 11.3 Å². The molecule has 3 rings (SSSR count). The van der Waals surface area contributed by atoms with E-state index in [1.54, 1.807) is 30.3 Å². The van der Waals surface area contributed by atoms with Crippen LogP contribution in [0.3, 0.4) is 0 Å². The topological polar surface area (TPSA) is 90.0 Å². The SMILES string of the molecule is CC(C)c1nc(S(=O)(=O)NCc2ccc(-c3ccoc3)nc2)cn1C. The first-order valence-electron chi connectivity index (χ1n) is 7.87. The molecular weight excluding hydrogens is 340 g/mol. The Morgan fingerprint density at radius 1 is 1.28 bits per heavy atom. The van der Waals surface area contributed by atoms with E-state index in [1.807, 2.05) is 32.0 Å². The minimum absolute atomic E-state index is 0.0293. The quantitative estimate of drug-likeness (QED) is 0.730. The zero-order valence-corrected chi connectivity index (χ0v) is 15.1. The molecule has 0 amide bonds. The van der Waals surface area contributed by atoms with E-state index >= 15 is 0 Å². The number of aromatic nitrogens is 3. The summed E-state index contributed by atoms with van der Waals surface area (Å²) in [5.41, 5.74) is 2.41. The smallest absolute Gasteiger partial charge is 0.259 e. The molecule has 0 bridgehead atoms. The Labute approximate surface area is 146 Å². The Kier molecular flexibility index (Phi) is 4.73. The van der Waals surface area contributed by atoms with Gasteiger partial charge in [-0.2, -0.15) is 0 Å². The number of imidazole rings is 1. The fraction of sp³-hybridized carbons (Fsp3) is 0.294. The highest BCUT2D eigenvalue weighted by molar-refractivity contribution is 7.89. The third kappa shape index (κ3) is 3.80. The van der Waals surface area contributed by atoms with Crippen molar-refractivity contribution >= 4 is 10.0 Å². The summed E-state index contributed by atoms with van der Waals surface area (Å²) in [6, 6.07) is 5.47. The molecule has 0 saturated heterocycles. The monoisotopic (exact) mass is 360 g/mol. The molecule has 0 aliphatic rings. The number of pyridine rings is 1.